The lowest BCUT2D eigenvalue weighted by atomic mass is 10.0. The number of aromatic nitrogens is 5. The van der Waals surface area contributed by atoms with Crippen LogP contribution in [0.3, 0.4) is 0 Å². The molecule has 1 saturated heterocycles. The van der Waals surface area contributed by atoms with E-state index in [9.17, 15) is 14.3 Å². The summed E-state index contributed by atoms with van der Waals surface area (Å²) in [5, 5.41) is 21.0. The van der Waals surface area contributed by atoms with Gasteiger partial charge in [-0.05, 0) is 30.0 Å². The van der Waals surface area contributed by atoms with Crippen molar-refractivity contribution in [3.63, 3.8) is 0 Å². The van der Waals surface area contributed by atoms with Crippen molar-refractivity contribution < 1.29 is 14.3 Å². The van der Waals surface area contributed by atoms with Gasteiger partial charge in [-0.3, -0.25) is 19.7 Å². The van der Waals surface area contributed by atoms with Gasteiger partial charge in [0.2, 0.25) is 0 Å². The molecule has 9 nitrogen and oxygen atoms in total. The number of hydrogen-bond acceptors (Lipinski definition) is 7. The number of alkyl halides is 1. The number of nitrogens with zero attached hydrogens (tertiary/aromatic N) is 6. The summed E-state index contributed by atoms with van der Waals surface area (Å²) in [6, 6.07) is 8.99. The molecule has 5 aromatic rings. The summed E-state index contributed by atoms with van der Waals surface area (Å²) >= 11 is 15.0. The zero-order valence-corrected chi connectivity index (χ0v) is 25.3. The van der Waals surface area contributed by atoms with E-state index < -0.39 is 18.1 Å². The second kappa shape index (κ2) is 11.6. The number of amides is 1. The Bertz CT molecular complexity index is 1780. The van der Waals surface area contributed by atoms with Gasteiger partial charge in [-0.1, -0.05) is 47.5 Å². The number of nitrogens with one attached hydrogen (secondary N) is 1. The molecule has 13 heteroatoms. The van der Waals surface area contributed by atoms with Crippen molar-refractivity contribution in [1.29, 1.82) is 0 Å². The first-order chi connectivity index (χ1) is 20.8. The van der Waals surface area contributed by atoms with Gasteiger partial charge in [0.25, 0.3) is 5.91 Å². The number of hydrogen-bond donors (Lipinski definition) is 2. The van der Waals surface area contributed by atoms with Crippen LogP contribution in [0.5, 0.6) is 0 Å². The van der Waals surface area contributed by atoms with Crippen molar-refractivity contribution in [3.05, 3.63) is 81.4 Å². The number of anilines is 1. The molecule has 222 valence electrons. The lowest BCUT2D eigenvalue weighted by Crippen LogP contribution is -2.35. The van der Waals surface area contributed by atoms with Gasteiger partial charge < -0.3 is 9.67 Å². The molecule has 0 unspecified atom stereocenters. The van der Waals surface area contributed by atoms with E-state index in [-0.39, 0.29) is 19.1 Å². The van der Waals surface area contributed by atoms with Crippen molar-refractivity contribution in [2.45, 2.75) is 50.7 Å². The van der Waals surface area contributed by atoms with Crippen LogP contribution < -0.4 is 5.32 Å². The number of aliphatic hydroxyl groups is 1. The van der Waals surface area contributed by atoms with Gasteiger partial charge >= 0.3 is 0 Å². The molecule has 3 aromatic heterocycles. The Hall–Kier alpha value is -3.35. The van der Waals surface area contributed by atoms with E-state index in [1.165, 1.54) is 21.6 Å². The number of fused-ring (bicyclic) bond motifs is 2. The molecule has 7 rings (SSSR count). The standard InChI is InChI=1S/C30H28Cl2FN7O2S/c31-23-12-21(18-3-1-17(2-4-18)13-38-8-5-20(41)6-9-38)25(32)26-22(23)15-40(37-26)28(29(42)36-30-34-7-10-43-30)27-24-11-19(33)14-39(24)16-35-27/h1-4,7,10,12,15-16,19-20,28,41H,5-6,8-9,11,13-14H2,(H,34,36,42)/t19-,28-/m1/s1. The van der Waals surface area contributed by atoms with Gasteiger partial charge in [0.05, 0.1) is 34.7 Å². The summed E-state index contributed by atoms with van der Waals surface area (Å²) in [5.41, 5.74) is 4.32. The van der Waals surface area contributed by atoms with Crippen LogP contribution in [-0.2, 0) is 24.3 Å². The Morgan fingerprint density at radius 3 is 2.72 bits per heavy atom. The van der Waals surface area contributed by atoms with E-state index >= 15 is 0 Å². The SMILES string of the molecule is O=C(Nc1nccs1)[C@@H](c1ncn2c1C[C@@H](F)C2)n1cc2c(Cl)cc(-c3ccc(CN4CCC(O)CC4)cc3)c(Cl)c2n1. The van der Waals surface area contributed by atoms with Crippen molar-refractivity contribution in [2.24, 2.45) is 0 Å². The van der Waals surface area contributed by atoms with Crippen molar-refractivity contribution in [2.75, 3.05) is 18.4 Å². The number of likely N-dealkylation sites (tertiary alicyclic amines) is 1. The molecule has 1 fully saturated rings. The van der Waals surface area contributed by atoms with Crippen molar-refractivity contribution in [1.82, 2.24) is 29.2 Å². The molecule has 0 saturated carbocycles. The Labute approximate surface area is 260 Å². The normalized spacial score (nSPS) is 18.3. The number of carbonyl (C=O) groups is 1. The fourth-order valence-corrected chi connectivity index (χ4v) is 7.02. The molecule has 2 aliphatic heterocycles. The van der Waals surface area contributed by atoms with E-state index in [1.807, 2.05) is 18.2 Å². The monoisotopic (exact) mass is 639 g/mol. The van der Waals surface area contributed by atoms with E-state index in [1.54, 1.807) is 28.7 Å². The molecule has 2 atom stereocenters. The minimum Gasteiger partial charge on any atom is -0.393 e. The molecule has 2 aliphatic rings. The van der Waals surface area contributed by atoms with E-state index in [2.05, 4.69) is 32.3 Å². The van der Waals surface area contributed by atoms with E-state index in [0.717, 1.165) is 43.6 Å². The van der Waals surface area contributed by atoms with Crippen LogP contribution in [0.1, 0.15) is 35.8 Å². The fraction of sp³-hybridized carbons (Fsp3) is 0.333. The maximum atomic E-state index is 14.3. The maximum absolute atomic E-state index is 14.3. The number of thiazole rings is 1. The number of piperidine rings is 1. The smallest absolute Gasteiger partial charge is 0.257 e. The molecule has 2 N–H and O–H groups in total. The van der Waals surface area contributed by atoms with Crippen LogP contribution in [0.2, 0.25) is 10.0 Å². The predicted molar refractivity (Wildman–Crippen MR) is 165 cm³/mol. The summed E-state index contributed by atoms with van der Waals surface area (Å²) in [6.45, 7) is 2.77. The van der Waals surface area contributed by atoms with Crippen molar-refractivity contribution >= 4 is 56.5 Å². The van der Waals surface area contributed by atoms with Crippen molar-refractivity contribution in [3.8, 4) is 11.1 Å². The average molecular weight is 641 g/mol. The van der Waals surface area contributed by atoms with Gasteiger partial charge in [-0.15, -0.1) is 11.3 Å². The van der Waals surface area contributed by atoms with Gasteiger partial charge in [-0.2, -0.15) is 5.10 Å². The third kappa shape index (κ3) is 5.56. The van der Waals surface area contributed by atoms with Crippen LogP contribution in [0, 0.1) is 0 Å². The van der Waals surface area contributed by atoms with E-state index in [4.69, 9.17) is 28.3 Å². The van der Waals surface area contributed by atoms with Crippen LogP contribution in [0.25, 0.3) is 22.0 Å². The Balaban J connectivity index is 1.23. The summed E-state index contributed by atoms with van der Waals surface area (Å²) in [7, 11) is 0. The molecular formula is C30H28Cl2FN7O2S. The fourth-order valence-electron chi connectivity index (χ4n) is 5.94. The highest BCUT2D eigenvalue weighted by molar-refractivity contribution is 7.13. The molecular weight excluding hydrogens is 612 g/mol. The molecule has 0 aliphatic carbocycles. The first-order valence-corrected chi connectivity index (χ1v) is 15.7. The second-order valence-electron chi connectivity index (χ2n) is 11.1. The van der Waals surface area contributed by atoms with Crippen LogP contribution >= 0.6 is 34.5 Å². The maximum Gasteiger partial charge on any atom is 0.257 e. The van der Waals surface area contributed by atoms with Gasteiger partial charge in [0.15, 0.2) is 11.2 Å². The topological polar surface area (TPSA) is 101 Å². The number of benzene rings is 2. The number of imidazole rings is 1. The van der Waals surface area contributed by atoms with Crippen LogP contribution in [0.4, 0.5) is 9.52 Å². The number of halogens is 3. The Morgan fingerprint density at radius 1 is 1.19 bits per heavy atom. The highest BCUT2D eigenvalue weighted by atomic mass is 35.5. The molecule has 1 amide bonds. The van der Waals surface area contributed by atoms with Gasteiger partial charge in [0, 0.05) is 60.5 Å². The number of carbonyl (C=O) groups excluding carboxylic acids is 1. The summed E-state index contributed by atoms with van der Waals surface area (Å²) in [4.78, 5) is 24.7. The van der Waals surface area contributed by atoms with Gasteiger partial charge in [0.1, 0.15) is 11.7 Å². The predicted octanol–water partition coefficient (Wildman–Crippen LogP) is 5.74. The largest absolute Gasteiger partial charge is 0.393 e. The summed E-state index contributed by atoms with van der Waals surface area (Å²) in [5.74, 6) is -0.405. The summed E-state index contributed by atoms with van der Waals surface area (Å²) < 4.78 is 17.6. The molecule has 0 spiro atoms. The van der Waals surface area contributed by atoms with E-state index in [0.29, 0.717) is 37.5 Å². The lowest BCUT2D eigenvalue weighted by Gasteiger charge is -2.29. The second-order valence-corrected chi connectivity index (χ2v) is 12.7. The molecule has 5 heterocycles. The van der Waals surface area contributed by atoms with Gasteiger partial charge in [-0.25, -0.2) is 14.4 Å². The molecule has 0 radical (unpaired) electrons. The molecule has 2 aromatic carbocycles. The average Bonchev–Trinajstić information content (AvgIpc) is 3.79. The summed E-state index contributed by atoms with van der Waals surface area (Å²) in [6.07, 6.45) is 5.37. The lowest BCUT2D eigenvalue weighted by molar-refractivity contribution is -0.118. The highest BCUT2D eigenvalue weighted by Crippen LogP contribution is 2.39. The zero-order chi connectivity index (χ0) is 29.7. The number of rotatable bonds is 7. The minimum absolute atomic E-state index is 0.165. The Kier molecular flexibility index (Phi) is 7.68. The Morgan fingerprint density at radius 2 is 1.98 bits per heavy atom. The quantitative estimate of drug-likeness (QED) is 0.235. The third-order valence-electron chi connectivity index (χ3n) is 8.16. The minimum atomic E-state index is -1.04. The molecule has 0 bridgehead atoms. The third-order valence-corrected chi connectivity index (χ3v) is 9.54. The van der Waals surface area contributed by atoms with Crippen LogP contribution in [-0.4, -0.2) is 65.6 Å². The zero-order valence-electron chi connectivity index (χ0n) is 23.0. The number of aliphatic hydroxyl groups excluding tert-OH is 1. The molecule has 43 heavy (non-hydrogen) atoms. The highest BCUT2D eigenvalue weighted by Gasteiger charge is 2.34. The first kappa shape index (κ1) is 28.4. The first-order valence-electron chi connectivity index (χ1n) is 14.1. The van der Waals surface area contributed by atoms with Crippen LogP contribution in [0.15, 0.2) is 54.4 Å².